The summed E-state index contributed by atoms with van der Waals surface area (Å²) < 4.78 is 12.7. The molecule has 0 aromatic heterocycles. The molecule has 0 heterocycles. The number of rotatable bonds is 4. The predicted octanol–water partition coefficient (Wildman–Crippen LogP) is 2.26. The Labute approximate surface area is 102 Å². The number of hydrogen-bond acceptors (Lipinski definition) is 2. The molecule has 3 heteroatoms. The molecule has 0 saturated heterocycles. The summed E-state index contributed by atoms with van der Waals surface area (Å²) in [5.41, 5.74) is 1.13. The minimum atomic E-state index is -0.197. The van der Waals surface area contributed by atoms with E-state index >= 15 is 0 Å². The Balaban J connectivity index is 1.73. The Morgan fingerprint density at radius 1 is 1.18 bits per heavy atom. The predicted molar refractivity (Wildman–Crippen MR) is 66.4 cm³/mol. The third-order valence-electron chi connectivity index (χ3n) is 3.46. The Morgan fingerprint density at radius 2 is 1.88 bits per heavy atom. The van der Waals surface area contributed by atoms with E-state index in [2.05, 4.69) is 5.32 Å². The molecule has 0 unspecified atom stereocenters. The van der Waals surface area contributed by atoms with Gasteiger partial charge in [0.1, 0.15) is 5.82 Å². The average Bonchev–Trinajstić information content (AvgIpc) is 2.34. The Morgan fingerprint density at radius 3 is 2.59 bits per heavy atom. The lowest BCUT2D eigenvalue weighted by Gasteiger charge is -2.28. The van der Waals surface area contributed by atoms with Crippen molar-refractivity contribution in [2.45, 2.75) is 44.2 Å². The average molecular weight is 237 g/mol. The van der Waals surface area contributed by atoms with Crippen LogP contribution in [-0.2, 0) is 6.42 Å². The normalized spacial score (nSPS) is 24.8. The zero-order valence-corrected chi connectivity index (χ0v) is 10.0. The minimum Gasteiger partial charge on any atom is -0.392 e. The maximum atomic E-state index is 12.7. The van der Waals surface area contributed by atoms with Crippen LogP contribution in [0.1, 0.15) is 31.2 Å². The number of halogens is 1. The number of aliphatic hydroxyl groups is 1. The molecule has 1 aliphatic carbocycles. The second-order valence-corrected chi connectivity index (χ2v) is 4.79. The van der Waals surface area contributed by atoms with Crippen LogP contribution in [0.4, 0.5) is 4.39 Å². The van der Waals surface area contributed by atoms with E-state index in [-0.39, 0.29) is 18.0 Å². The Kier molecular flexibility index (Phi) is 4.51. The van der Waals surface area contributed by atoms with Crippen LogP contribution in [-0.4, -0.2) is 23.8 Å². The maximum absolute atomic E-state index is 12.7. The van der Waals surface area contributed by atoms with Crippen molar-refractivity contribution < 1.29 is 9.50 Å². The Bertz CT molecular complexity index is 339. The lowest BCUT2D eigenvalue weighted by molar-refractivity contribution is 0.0914. The van der Waals surface area contributed by atoms with E-state index in [1.807, 2.05) is 12.1 Å². The standard InChI is InChI=1S/C14H20FNO/c15-12-7-5-11(6-8-12)9-10-16-13-3-1-2-4-14(13)17/h5-8,13-14,16-17H,1-4,9-10H2/t13-,14-/m0/s1. The molecular weight excluding hydrogens is 217 g/mol. The molecule has 1 aromatic carbocycles. The molecule has 0 amide bonds. The molecular formula is C14H20FNO. The van der Waals surface area contributed by atoms with E-state index in [0.717, 1.165) is 37.8 Å². The smallest absolute Gasteiger partial charge is 0.123 e. The third kappa shape index (κ3) is 3.79. The summed E-state index contributed by atoms with van der Waals surface area (Å²) in [6.45, 7) is 0.841. The molecule has 0 aliphatic heterocycles. The highest BCUT2D eigenvalue weighted by molar-refractivity contribution is 5.16. The highest BCUT2D eigenvalue weighted by Gasteiger charge is 2.21. The number of hydrogen-bond donors (Lipinski definition) is 2. The van der Waals surface area contributed by atoms with E-state index < -0.39 is 0 Å². The zero-order valence-electron chi connectivity index (χ0n) is 10.0. The van der Waals surface area contributed by atoms with Gasteiger partial charge in [0.25, 0.3) is 0 Å². The topological polar surface area (TPSA) is 32.3 Å². The highest BCUT2D eigenvalue weighted by Crippen LogP contribution is 2.18. The van der Waals surface area contributed by atoms with Crippen LogP contribution >= 0.6 is 0 Å². The second kappa shape index (κ2) is 6.12. The fourth-order valence-electron chi connectivity index (χ4n) is 2.40. The molecule has 1 aliphatic rings. The van der Waals surface area contributed by atoms with Gasteiger partial charge in [0.05, 0.1) is 6.10 Å². The van der Waals surface area contributed by atoms with Gasteiger partial charge in [0.15, 0.2) is 0 Å². The van der Waals surface area contributed by atoms with Crippen LogP contribution in [0.15, 0.2) is 24.3 Å². The lowest BCUT2D eigenvalue weighted by atomic mass is 9.92. The highest BCUT2D eigenvalue weighted by atomic mass is 19.1. The van der Waals surface area contributed by atoms with Gasteiger partial charge in [-0.3, -0.25) is 0 Å². The summed E-state index contributed by atoms with van der Waals surface area (Å²) in [5, 5.41) is 13.2. The van der Waals surface area contributed by atoms with Gasteiger partial charge in [-0.1, -0.05) is 25.0 Å². The van der Waals surface area contributed by atoms with E-state index in [1.165, 1.54) is 18.6 Å². The van der Waals surface area contributed by atoms with Crippen LogP contribution in [0.3, 0.4) is 0 Å². The Hall–Kier alpha value is -0.930. The molecule has 0 spiro atoms. The first-order chi connectivity index (χ1) is 8.25. The van der Waals surface area contributed by atoms with Crippen molar-refractivity contribution in [1.29, 1.82) is 0 Å². The summed E-state index contributed by atoms with van der Waals surface area (Å²) in [5.74, 6) is -0.190. The van der Waals surface area contributed by atoms with Crippen LogP contribution in [0, 0.1) is 5.82 Å². The number of aliphatic hydroxyl groups excluding tert-OH is 1. The molecule has 2 rings (SSSR count). The van der Waals surface area contributed by atoms with Crippen molar-refractivity contribution >= 4 is 0 Å². The summed E-state index contributed by atoms with van der Waals surface area (Å²) in [7, 11) is 0. The lowest BCUT2D eigenvalue weighted by Crippen LogP contribution is -2.42. The first-order valence-electron chi connectivity index (χ1n) is 6.41. The van der Waals surface area contributed by atoms with Gasteiger partial charge in [0.2, 0.25) is 0 Å². The third-order valence-corrected chi connectivity index (χ3v) is 3.46. The van der Waals surface area contributed by atoms with Gasteiger partial charge in [-0.2, -0.15) is 0 Å². The number of benzene rings is 1. The zero-order chi connectivity index (χ0) is 12.1. The fraction of sp³-hybridized carbons (Fsp3) is 0.571. The quantitative estimate of drug-likeness (QED) is 0.842. The van der Waals surface area contributed by atoms with Gasteiger partial charge < -0.3 is 10.4 Å². The van der Waals surface area contributed by atoms with Crippen LogP contribution < -0.4 is 5.32 Å². The molecule has 1 saturated carbocycles. The van der Waals surface area contributed by atoms with Crippen molar-refractivity contribution in [3.05, 3.63) is 35.6 Å². The minimum absolute atomic E-state index is 0.190. The van der Waals surface area contributed by atoms with Crippen LogP contribution in [0.2, 0.25) is 0 Å². The van der Waals surface area contributed by atoms with Crippen LogP contribution in [0.25, 0.3) is 0 Å². The van der Waals surface area contributed by atoms with E-state index in [1.54, 1.807) is 0 Å². The van der Waals surface area contributed by atoms with Gasteiger partial charge in [-0.15, -0.1) is 0 Å². The van der Waals surface area contributed by atoms with Gasteiger partial charge in [0, 0.05) is 6.04 Å². The first kappa shape index (κ1) is 12.5. The number of nitrogens with one attached hydrogen (secondary N) is 1. The molecule has 17 heavy (non-hydrogen) atoms. The van der Waals surface area contributed by atoms with Crippen molar-refractivity contribution in [2.24, 2.45) is 0 Å². The molecule has 0 bridgehead atoms. The van der Waals surface area contributed by atoms with Gasteiger partial charge in [-0.25, -0.2) is 4.39 Å². The van der Waals surface area contributed by atoms with Gasteiger partial charge >= 0.3 is 0 Å². The SMILES string of the molecule is O[C@H]1CCCC[C@@H]1NCCc1ccc(F)cc1. The van der Waals surface area contributed by atoms with E-state index in [9.17, 15) is 9.50 Å². The molecule has 1 fully saturated rings. The van der Waals surface area contributed by atoms with E-state index in [0.29, 0.717) is 0 Å². The van der Waals surface area contributed by atoms with Crippen molar-refractivity contribution in [3.8, 4) is 0 Å². The van der Waals surface area contributed by atoms with Crippen LogP contribution in [0.5, 0.6) is 0 Å². The summed E-state index contributed by atoms with van der Waals surface area (Å²) in [4.78, 5) is 0. The second-order valence-electron chi connectivity index (χ2n) is 4.79. The summed E-state index contributed by atoms with van der Waals surface area (Å²) in [6, 6.07) is 6.85. The summed E-state index contributed by atoms with van der Waals surface area (Å²) >= 11 is 0. The molecule has 1 aromatic rings. The molecule has 94 valence electrons. The fourth-order valence-corrected chi connectivity index (χ4v) is 2.40. The molecule has 2 N–H and O–H groups in total. The molecule has 0 radical (unpaired) electrons. The maximum Gasteiger partial charge on any atom is 0.123 e. The van der Waals surface area contributed by atoms with Gasteiger partial charge in [-0.05, 0) is 43.5 Å². The van der Waals surface area contributed by atoms with E-state index in [4.69, 9.17) is 0 Å². The monoisotopic (exact) mass is 237 g/mol. The largest absolute Gasteiger partial charge is 0.392 e. The summed E-state index contributed by atoms with van der Waals surface area (Å²) in [6.07, 6.45) is 4.99. The molecule has 2 nitrogen and oxygen atoms in total. The van der Waals surface area contributed by atoms with Crippen molar-refractivity contribution in [2.75, 3.05) is 6.54 Å². The van der Waals surface area contributed by atoms with Crippen molar-refractivity contribution in [3.63, 3.8) is 0 Å². The first-order valence-corrected chi connectivity index (χ1v) is 6.41. The molecule has 2 atom stereocenters. The van der Waals surface area contributed by atoms with Crippen molar-refractivity contribution in [1.82, 2.24) is 5.32 Å².